The number of hydrogen-bond donors (Lipinski definition) is 2. The first-order valence-corrected chi connectivity index (χ1v) is 8.45. The number of hydrogen-bond acceptors (Lipinski definition) is 4. The molecule has 0 radical (unpaired) electrons. The van der Waals surface area contributed by atoms with E-state index in [4.69, 9.17) is 4.74 Å². The van der Waals surface area contributed by atoms with Crippen molar-refractivity contribution >= 4 is 33.6 Å². The molecule has 0 aromatic heterocycles. The molecule has 0 spiro atoms. The predicted octanol–water partition coefficient (Wildman–Crippen LogP) is 3.71. The Morgan fingerprint density at radius 2 is 1.88 bits per heavy atom. The second-order valence-corrected chi connectivity index (χ2v) is 6.06. The van der Waals surface area contributed by atoms with Crippen molar-refractivity contribution in [2.24, 2.45) is 0 Å². The van der Waals surface area contributed by atoms with Gasteiger partial charge in [0, 0.05) is 16.7 Å². The van der Waals surface area contributed by atoms with Crippen LogP contribution in [0.3, 0.4) is 0 Å². The van der Waals surface area contributed by atoms with E-state index in [1.165, 1.54) is 7.11 Å². The molecule has 7 heteroatoms. The first-order valence-electron chi connectivity index (χ1n) is 7.66. The summed E-state index contributed by atoms with van der Waals surface area (Å²) in [4.78, 5) is 22.9. The number of halogens is 1. The lowest BCUT2D eigenvalue weighted by atomic mass is 10.2. The van der Waals surface area contributed by atoms with Crippen LogP contribution in [0, 0.1) is 0 Å². The van der Waals surface area contributed by atoms with E-state index in [1.807, 2.05) is 36.4 Å². The van der Waals surface area contributed by atoms with Crippen molar-refractivity contribution < 1.29 is 19.1 Å². The van der Waals surface area contributed by atoms with Gasteiger partial charge in [-0.15, -0.1) is 0 Å². The van der Waals surface area contributed by atoms with Gasteiger partial charge in [-0.25, -0.2) is 4.79 Å². The number of ether oxygens (including phenoxy) is 2. The van der Waals surface area contributed by atoms with Crippen LogP contribution in [0.5, 0.6) is 5.75 Å². The molecule has 0 unspecified atom stereocenters. The maximum Gasteiger partial charge on any atom is 0.411 e. The van der Waals surface area contributed by atoms with E-state index < -0.39 is 6.09 Å². The highest BCUT2D eigenvalue weighted by molar-refractivity contribution is 9.10. The fourth-order valence-corrected chi connectivity index (χ4v) is 2.36. The molecule has 0 aliphatic heterocycles. The van der Waals surface area contributed by atoms with Crippen molar-refractivity contribution in [3.63, 3.8) is 0 Å². The Balaban J connectivity index is 1.70. The van der Waals surface area contributed by atoms with Crippen molar-refractivity contribution in [1.29, 1.82) is 0 Å². The van der Waals surface area contributed by atoms with Crippen LogP contribution in [0.15, 0.2) is 53.0 Å². The maximum absolute atomic E-state index is 11.9. The van der Waals surface area contributed by atoms with Gasteiger partial charge in [0.1, 0.15) is 5.75 Å². The summed E-state index contributed by atoms with van der Waals surface area (Å²) in [6.07, 6.45) is -0.249. The fourth-order valence-electron chi connectivity index (χ4n) is 1.98. The van der Waals surface area contributed by atoms with E-state index >= 15 is 0 Å². The van der Waals surface area contributed by atoms with Crippen molar-refractivity contribution in [3.8, 4) is 5.75 Å². The Morgan fingerprint density at radius 3 is 2.56 bits per heavy atom. The molecule has 0 aliphatic rings. The van der Waals surface area contributed by atoms with E-state index in [0.717, 1.165) is 15.8 Å². The lowest BCUT2D eigenvalue weighted by Gasteiger charge is -2.08. The van der Waals surface area contributed by atoms with Crippen molar-refractivity contribution in [1.82, 2.24) is 5.32 Å². The quantitative estimate of drug-likeness (QED) is 0.734. The Kier molecular flexibility index (Phi) is 7.28. The summed E-state index contributed by atoms with van der Waals surface area (Å²) in [5.74, 6) is 0.627. The van der Waals surface area contributed by atoms with Gasteiger partial charge in [0.2, 0.25) is 5.91 Å². The second kappa shape index (κ2) is 9.68. The van der Waals surface area contributed by atoms with Crippen LogP contribution in [0.4, 0.5) is 10.5 Å². The highest BCUT2D eigenvalue weighted by Gasteiger charge is 2.04. The molecule has 0 aliphatic carbocycles. The molecule has 0 heterocycles. The lowest BCUT2D eigenvalue weighted by Crippen LogP contribution is -2.24. The van der Waals surface area contributed by atoms with Crippen LogP contribution in [0.1, 0.15) is 12.0 Å². The third-order valence-electron chi connectivity index (χ3n) is 3.27. The van der Waals surface area contributed by atoms with E-state index in [-0.39, 0.29) is 12.3 Å². The monoisotopic (exact) mass is 406 g/mol. The number of anilines is 1. The summed E-state index contributed by atoms with van der Waals surface area (Å²) >= 11 is 3.37. The molecule has 0 saturated heterocycles. The van der Waals surface area contributed by atoms with Gasteiger partial charge in [0.15, 0.2) is 0 Å². The number of carbonyl (C=O) groups excluding carboxylic acids is 2. The highest BCUT2D eigenvalue weighted by atomic mass is 79.9. The van der Waals surface area contributed by atoms with E-state index in [9.17, 15) is 9.59 Å². The third kappa shape index (κ3) is 6.84. The number of methoxy groups -OCH3 is 1. The number of rotatable bonds is 7. The molecule has 2 N–H and O–H groups in total. The molecule has 2 aromatic rings. The van der Waals surface area contributed by atoms with Crippen LogP contribution in [0.2, 0.25) is 0 Å². The van der Waals surface area contributed by atoms with Gasteiger partial charge in [-0.3, -0.25) is 10.1 Å². The predicted molar refractivity (Wildman–Crippen MR) is 98.6 cm³/mol. The summed E-state index contributed by atoms with van der Waals surface area (Å²) in [6.45, 7) is 0.721. The fraction of sp³-hybridized carbons (Fsp3) is 0.222. The van der Waals surface area contributed by atoms with Gasteiger partial charge in [0.05, 0.1) is 20.1 Å². The molecule has 2 aromatic carbocycles. The summed E-state index contributed by atoms with van der Waals surface area (Å²) in [5.41, 5.74) is 1.56. The maximum atomic E-state index is 11.9. The van der Waals surface area contributed by atoms with Gasteiger partial charge >= 0.3 is 6.09 Å². The van der Waals surface area contributed by atoms with Crippen molar-refractivity contribution in [3.05, 3.63) is 58.6 Å². The van der Waals surface area contributed by atoms with Crippen LogP contribution < -0.4 is 15.4 Å². The minimum Gasteiger partial charge on any atom is -0.493 e. The number of nitrogens with one attached hydrogen (secondary N) is 2. The summed E-state index contributed by atoms with van der Waals surface area (Å²) in [7, 11) is 1.31. The molecule has 0 fully saturated rings. The van der Waals surface area contributed by atoms with E-state index in [1.54, 1.807) is 12.1 Å². The summed E-state index contributed by atoms with van der Waals surface area (Å²) < 4.78 is 11.0. The van der Waals surface area contributed by atoms with Crippen LogP contribution in [0.25, 0.3) is 0 Å². The first kappa shape index (κ1) is 18.8. The molecule has 6 nitrogen and oxygen atoms in total. The molecule has 25 heavy (non-hydrogen) atoms. The number of benzene rings is 2. The number of amides is 2. The molecule has 0 saturated carbocycles. The standard InChI is InChI=1S/C18H19BrN2O4/c1-24-18(23)21-15-7-5-13(6-8-15)12-20-17(22)9-10-25-16-4-2-3-14(19)11-16/h2-8,11H,9-10,12H2,1H3,(H,20,22)(H,21,23). The average molecular weight is 407 g/mol. The van der Waals surface area contributed by atoms with Crippen LogP contribution in [-0.2, 0) is 16.1 Å². The smallest absolute Gasteiger partial charge is 0.411 e. The third-order valence-corrected chi connectivity index (χ3v) is 3.76. The van der Waals surface area contributed by atoms with Gasteiger partial charge in [-0.05, 0) is 35.9 Å². The van der Waals surface area contributed by atoms with Crippen LogP contribution >= 0.6 is 15.9 Å². The molecule has 0 atom stereocenters. The van der Waals surface area contributed by atoms with Gasteiger partial charge in [-0.2, -0.15) is 0 Å². The second-order valence-electron chi connectivity index (χ2n) is 5.15. The normalized spacial score (nSPS) is 10.0. The highest BCUT2D eigenvalue weighted by Crippen LogP contribution is 2.17. The molecule has 2 rings (SSSR count). The van der Waals surface area contributed by atoms with Gasteiger partial charge in [0.25, 0.3) is 0 Å². The minimum atomic E-state index is -0.522. The summed E-state index contributed by atoms with van der Waals surface area (Å²) in [6, 6.07) is 14.6. The van der Waals surface area contributed by atoms with Gasteiger partial charge < -0.3 is 14.8 Å². The average Bonchev–Trinajstić information content (AvgIpc) is 2.61. The SMILES string of the molecule is COC(=O)Nc1ccc(CNC(=O)CCOc2cccc(Br)c2)cc1. The molecule has 0 bridgehead atoms. The minimum absolute atomic E-state index is 0.0910. The molecular weight excluding hydrogens is 388 g/mol. The lowest BCUT2D eigenvalue weighted by molar-refractivity contribution is -0.121. The number of carbonyl (C=O) groups is 2. The molecule has 132 valence electrons. The van der Waals surface area contributed by atoms with Crippen molar-refractivity contribution in [2.45, 2.75) is 13.0 Å². The van der Waals surface area contributed by atoms with E-state index in [2.05, 4.69) is 31.3 Å². The zero-order valence-corrected chi connectivity index (χ0v) is 15.3. The largest absolute Gasteiger partial charge is 0.493 e. The van der Waals surface area contributed by atoms with Crippen molar-refractivity contribution in [2.75, 3.05) is 19.0 Å². The first-order chi connectivity index (χ1) is 12.1. The van der Waals surface area contributed by atoms with Gasteiger partial charge in [-0.1, -0.05) is 34.1 Å². The molecular formula is C18H19BrN2O4. The topological polar surface area (TPSA) is 76.7 Å². The van der Waals surface area contributed by atoms with Crippen LogP contribution in [-0.4, -0.2) is 25.7 Å². The Labute approximate surface area is 154 Å². The Bertz CT molecular complexity index is 719. The summed E-state index contributed by atoms with van der Waals surface area (Å²) in [5, 5.41) is 5.39. The molecule has 2 amide bonds. The Morgan fingerprint density at radius 1 is 1.12 bits per heavy atom. The Hall–Kier alpha value is -2.54. The van der Waals surface area contributed by atoms with E-state index in [0.29, 0.717) is 18.8 Å². The zero-order valence-electron chi connectivity index (χ0n) is 13.8. The zero-order chi connectivity index (χ0) is 18.1.